The monoisotopic (exact) mass is 447 g/mol. The summed E-state index contributed by atoms with van der Waals surface area (Å²) in [6, 6.07) is 23.9. The second-order valence-corrected chi connectivity index (χ2v) is 9.22. The third-order valence-corrected chi connectivity index (χ3v) is 6.99. The number of dihydropyridines is 1. The van der Waals surface area contributed by atoms with E-state index in [2.05, 4.69) is 87.1 Å². The van der Waals surface area contributed by atoms with Gasteiger partial charge >= 0.3 is 0 Å². The molecule has 2 aliphatic rings. The zero-order valence-electron chi connectivity index (χ0n) is 19.2. The summed E-state index contributed by atoms with van der Waals surface area (Å²) in [5.74, 6) is 1.02. The third-order valence-electron chi connectivity index (χ3n) is 6.99. The van der Waals surface area contributed by atoms with Gasteiger partial charge in [-0.25, -0.2) is 4.98 Å². The molecule has 2 aromatic carbocycles. The lowest BCUT2D eigenvalue weighted by Crippen LogP contribution is -2.51. The second kappa shape index (κ2) is 9.27. The Labute approximate surface area is 200 Å². The minimum atomic E-state index is 0.357. The van der Waals surface area contributed by atoms with Gasteiger partial charge in [-0.05, 0) is 66.9 Å². The van der Waals surface area contributed by atoms with Gasteiger partial charge in [0.05, 0.1) is 29.3 Å². The van der Waals surface area contributed by atoms with Gasteiger partial charge in [-0.15, -0.1) is 0 Å². The Morgan fingerprint density at radius 3 is 2.68 bits per heavy atom. The summed E-state index contributed by atoms with van der Waals surface area (Å²) in [5.41, 5.74) is 7.10. The summed E-state index contributed by atoms with van der Waals surface area (Å²) in [6.45, 7) is 1.66. The Kier molecular flexibility index (Phi) is 5.69. The molecule has 4 aromatic rings. The largest absolute Gasteiger partial charge is 0.383 e. The highest BCUT2D eigenvalue weighted by atomic mass is 15.2. The number of hydrogen-bond acceptors (Lipinski definition) is 4. The van der Waals surface area contributed by atoms with Crippen LogP contribution in [0.4, 0.5) is 0 Å². The van der Waals surface area contributed by atoms with Crippen molar-refractivity contribution in [1.29, 1.82) is 0 Å². The first kappa shape index (κ1) is 20.9. The van der Waals surface area contributed by atoms with Crippen LogP contribution in [0.5, 0.6) is 0 Å². The molecule has 0 saturated heterocycles. The van der Waals surface area contributed by atoms with Crippen LogP contribution < -0.4 is 5.32 Å². The molecule has 6 rings (SSSR count). The van der Waals surface area contributed by atoms with Gasteiger partial charge in [0.2, 0.25) is 0 Å². The lowest BCUT2D eigenvalue weighted by atomic mass is 9.83. The molecule has 1 aliphatic heterocycles. The molecule has 34 heavy (non-hydrogen) atoms. The average Bonchev–Trinajstić information content (AvgIpc) is 3.31. The van der Waals surface area contributed by atoms with Gasteiger partial charge in [0, 0.05) is 24.3 Å². The Morgan fingerprint density at radius 1 is 0.941 bits per heavy atom. The highest BCUT2D eigenvalue weighted by Gasteiger charge is 2.33. The number of nitrogens with zero attached hydrogens (tertiary/aromatic N) is 3. The molecule has 0 amide bonds. The fraction of sp³-hybridized carbons (Fsp3) is 0.241. The fourth-order valence-corrected chi connectivity index (χ4v) is 5.33. The topological polar surface area (TPSA) is 56.8 Å². The van der Waals surface area contributed by atoms with Crippen LogP contribution in [-0.2, 0) is 13.1 Å². The lowest BCUT2D eigenvalue weighted by molar-refractivity contribution is 0.129. The van der Waals surface area contributed by atoms with Crippen molar-refractivity contribution in [2.24, 2.45) is 0 Å². The van der Waals surface area contributed by atoms with Crippen molar-refractivity contribution in [2.45, 2.75) is 44.4 Å². The molecule has 5 heteroatoms. The SMILES string of the molecule is C1=CNC2C(=C1)CCCC2N(Cc1ccc(-c2ccccn2)cc1)Cc1nc2ccccc2[nH]1. The number of pyridine rings is 1. The Bertz CT molecular complexity index is 1290. The molecule has 1 saturated carbocycles. The maximum absolute atomic E-state index is 4.89. The summed E-state index contributed by atoms with van der Waals surface area (Å²) < 4.78 is 0. The number of aromatic amines is 1. The van der Waals surface area contributed by atoms with Gasteiger partial charge in [-0.3, -0.25) is 9.88 Å². The Balaban J connectivity index is 1.29. The van der Waals surface area contributed by atoms with E-state index in [0.29, 0.717) is 12.1 Å². The smallest absolute Gasteiger partial charge is 0.121 e. The van der Waals surface area contributed by atoms with E-state index in [9.17, 15) is 0 Å². The van der Waals surface area contributed by atoms with Crippen molar-refractivity contribution in [3.63, 3.8) is 0 Å². The van der Waals surface area contributed by atoms with Gasteiger partial charge in [0.25, 0.3) is 0 Å². The van der Waals surface area contributed by atoms with E-state index in [1.165, 1.54) is 30.4 Å². The van der Waals surface area contributed by atoms with E-state index in [0.717, 1.165) is 41.2 Å². The molecule has 0 radical (unpaired) electrons. The van der Waals surface area contributed by atoms with Crippen LogP contribution >= 0.6 is 0 Å². The summed E-state index contributed by atoms with van der Waals surface area (Å²) >= 11 is 0. The molecule has 1 fully saturated rings. The van der Waals surface area contributed by atoms with Crippen molar-refractivity contribution >= 4 is 11.0 Å². The molecule has 0 bridgehead atoms. The number of aromatic nitrogens is 3. The van der Waals surface area contributed by atoms with Crippen molar-refractivity contribution in [3.05, 3.63) is 108 Å². The maximum atomic E-state index is 4.89. The zero-order valence-corrected chi connectivity index (χ0v) is 19.2. The number of H-pyrrole nitrogens is 1. The fourth-order valence-electron chi connectivity index (χ4n) is 5.33. The molecule has 5 nitrogen and oxygen atoms in total. The van der Waals surface area contributed by atoms with Crippen molar-refractivity contribution < 1.29 is 0 Å². The number of fused-ring (bicyclic) bond motifs is 2. The van der Waals surface area contributed by atoms with Crippen LogP contribution in [0.15, 0.2) is 96.9 Å². The van der Waals surface area contributed by atoms with Crippen LogP contribution in [0.2, 0.25) is 0 Å². The molecule has 2 N–H and O–H groups in total. The molecular formula is C29H29N5. The van der Waals surface area contributed by atoms with Gasteiger partial charge in [-0.2, -0.15) is 0 Å². The molecule has 2 aromatic heterocycles. The van der Waals surface area contributed by atoms with E-state index in [-0.39, 0.29) is 0 Å². The molecule has 170 valence electrons. The van der Waals surface area contributed by atoms with Crippen LogP contribution in [-0.4, -0.2) is 31.9 Å². The van der Waals surface area contributed by atoms with Gasteiger partial charge < -0.3 is 10.3 Å². The number of imidazole rings is 1. The molecular weight excluding hydrogens is 418 g/mol. The summed E-state index contributed by atoms with van der Waals surface area (Å²) in [4.78, 5) is 15.5. The van der Waals surface area contributed by atoms with E-state index in [4.69, 9.17) is 4.98 Å². The van der Waals surface area contributed by atoms with E-state index in [1.807, 2.05) is 24.4 Å². The highest BCUT2D eigenvalue weighted by molar-refractivity contribution is 5.74. The minimum Gasteiger partial charge on any atom is -0.383 e. The number of nitrogens with one attached hydrogen (secondary N) is 2. The minimum absolute atomic E-state index is 0.357. The first-order chi connectivity index (χ1) is 16.8. The predicted octanol–water partition coefficient (Wildman–Crippen LogP) is 5.59. The normalized spacial score (nSPS) is 19.6. The number of rotatable bonds is 6. The van der Waals surface area contributed by atoms with Gasteiger partial charge in [0.1, 0.15) is 5.82 Å². The van der Waals surface area contributed by atoms with Crippen molar-refractivity contribution in [3.8, 4) is 11.3 Å². The van der Waals surface area contributed by atoms with E-state index in [1.54, 1.807) is 0 Å². The van der Waals surface area contributed by atoms with Crippen molar-refractivity contribution in [2.75, 3.05) is 0 Å². The molecule has 1 aliphatic carbocycles. The van der Waals surface area contributed by atoms with Crippen LogP contribution in [0, 0.1) is 0 Å². The number of para-hydroxylation sites is 2. The number of hydrogen-bond donors (Lipinski definition) is 2. The Morgan fingerprint density at radius 2 is 1.82 bits per heavy atom. The number of benzene rings is 2. The van der Waals surface area contributed by atoms with Crippen LogP contribution in [0.25, 0.3) is 22.3 Å². The number of allylic oxidation sites excluding steroid dienone is 2. The standard InChI is InChI=1S/C29H29N5/c1-2-11-26-25(10-1)32-28(33-26)20-34(27-12-5-7-23-8-6-18-31-29(23)27)19-21-13-15-22(16-14-21)24-9-3-4-17-30-24/h1-4,6,8-11,13-18,27,29,31H,5,7,12,19-20H2,(H,32,33). The molecule has 0 spiro atoms. The zero-order chi connectivity index (χ0) is 22.7. The second-order valence-electron chi connectivity index (χ2n) is 9.22. The lowest BCUT2D eigenvalue weighted by Gasteiger charge is -2.42. The van der Waals surface area contributed by atoms with Crippen LogP contribution in [0.3, 0.4) is 0 Å². The van der Waals surface area contributed by atoms with Gasteiger partial charge in [-0.1, -0.05) is 48.5 Å². The van der Waals surface area contributed by atoms with E-state index >= 15 is 0 Å². The van der Waals surface area contributed by atoms with E-state index < -0.39 is 0 Å². The first-order valence-corrected chi connectivity index (χ1v) is 12.1. The van der Waals surface area contributed by atoms with Crippen molar-refractivity contribution in [1.82, 2.24) is 25.2 Å². The summed E-state index contributed by atoms with van der Waals surface area (Å²) in [7, 11) is 0. The highest BCUT2D eigenvalue weighted by Crippen LogP contribution is 2.31. The maximum Gasteiger partial charge on any atom is 0.121 e. The molecule has 2 unspecified atom stereocenters. The predicted molar refractivity (Wildman–Crippen MR) is 137 cm³/mol. The first-order valence-electron chi connectivity index (χ1n) is 12.1. The summed E-state index contributed by atoms with van der Waals surface area (Å²) in [5, 5.41) is 3.65. The quantitative estimate of drug-likeness (QED) is 0.404. The summed E-state index contributed by atoms with van der Waals surface area (Å²) in [6.07, 6.45) is 11.9. The average molecular weight is 448 g/mol. The molecule has 2 atom stereocenters. The molecule has 3 heterocycles. The van der Waals surface area contributed by atoms with Crippen LogP contribution in [0.1, 0.15) is 30.7 Å². The van der Waals surface area contributed by atoms with Gasteiger partial charge in [0.15, 0.2) is 0 Å². The Hall–Kier alpha value is -3.70. The third kappa shape index (κ3) is 4.27.